The van der Waals surface area contributed by atoms with Crippen LogP contribution in [-0.2, 0) is 0 Å². The summed E-state index contributed by atoms with van der Waals surface area (Å²) in [6.45, 7) is 6.49. The van der Waals surface area contributed by atoms with Crippen molar-refractivity contribution in [2.24, 2.45) is 5.73 Å². The molecule has 0 heterocycles. The van der Waals surface area contributed by atoms with Gasteiger partial charge in [-0.1, -0.05) is 26.0 Å². The maximum Gasteiger partial charge on any atom is 0.0266 e. The first kappa shape index (κ1) is 11.6. The van der Waals surface area contributed by atoms with Crippen molar-refractivity contribution in [3.63, 3.8) is 0 Å². The molecule has 2 heteroatoms. The van der Waals surface area contributed by atoms with E-state index in [0.717, 1.165) is 0 Å². The number of hydrogen-bond acceptors (Lipinski definition) is 2. The molecule has 0 aliphatic carbocycles. The van der Waals surface area contributed by atoms with Gasteiger partial charge >= 0.3 is 0 Å². The van der Waals surface area contributed by atoms with Gasteiger partial charge in [-0.2, -0.15) is 0 Å². The van der Waals surface area contributed by atoms with Gasteiger partial charge in [0.2, 0.25) is 0 Å². The van der Waals surface area contributed by atoms with Gasteiger partial charge in [-0.15, -0.1) is 11.8 Å². The molecular formula is C12H19NS. The summed E-state index contributed by atoms with van der Waals surface area (Å²) < 4.78 is 0. The Hall–Kier alpha value is -0.470. The lowest BCUT2D eigenvalue weighted by atomic mass is 10.1. The van der Waals surface area contributed by atoms with Gasteiger partial charge in [0.15, 0.2) is 0 Å². The second-order valence-corrected chi connectivity index (χ2v) is 5.21. The van der Waals surface area contributed by atoms with Crippen LogP contribution in [0, 0.1) is 0 Å². The number of hydrogen-bond donors (Lipinski definition) is 1. The second kappa shape index (κ2) is 5.42. The molecule has 0 aromatic heterocycles. The molecule has 1 rings (SSSR count). The first-order valence-corrected chi connectivity index (χ1v) is 6.03. The number of benzene rings is 1. The van der Waals surface area contributed by atoms with Crippen molar-refractivity contribution in [1.82, 2.24) is 0 Å². The summed E-state index contributed by atoms with van der Waals surface area (Å²) in [6, 6.07) is 8.66. The monoisotopic (exact) mass is 209 g/mol. The average Bonchev–Trinajstić information content (AvgIpc) is 2.18. The number of nitrogens with two attached hydrogens (primary N) is 1. The molecule has 2 N–H and O–H groups in total. The summed E-state index contributed by atoms with van der Waals surface area (Å²) in [5.41, 5.74) is 7.06. The van der Waals surface area contributed by atoms with Crippen molar-refractivity contribution in [3.8, 4) is 0 Å². The van der Waals surface area contributed by atoms with E-state index in [0.29, 0.717) is 5.25 Å². The molecule has 0 spiro atoms. The Labute approximate surface area is 91.1 Å². The fourth-order valence-corrected chi connectivity index (χ4v) is 2.18. The molecule has 0 aliphatic rings. The molecule has 0 saturated carbocycles. The third-order valence-corrected chi connectivity index (χ3v) is 3.56. The maximum atomic E-state index is 5.84. The number of thioether (sulfide) groups is 1. The van der Waals surface area contributed by atoms with Crippen LogP contribution in [0.3, 0.4) is 0 Å². The molecule has 0 saturated heterocycles. The normalized spacial score (nSPS) is 15.1. The smallest absolute Gasteiger partial charge is 0.0266 e. The average molecular weight is 209 g/mol. The molecule has 0 fully saturated rings. The third-order valence-electron chi connectivity index (χ3n) is 2.30. The van der Waals surface area contributed by atoms with Gasteiger partial charge in [-0.25, -0.2) is 0 Å². The predicted molar refractivity (Wildman–Crippen MR) is 64.7 cm³/mol. The van der Waals surface area contributed by atoms with Crippen LogP contribution >= 0.6 is 11.8 Å². The molecule has 78 valence electrons. The Kier molecular flexibility index (Phi) is 4.49. The van der Waals surface area contributed by atoms with Crippen LogP contribution in [0.15, 0.2) is 29.2 Å². The van der Waals surface area contributed by atoms with Crippen molar-refractivity contribution in [1.29, 1.82) is 0 Å². The van der Waals surface area contributed by atoms with E-state index in [1.54, 1.807) is 0 Å². The summed E-state index contributed by atoms with van der Waals surface area (Å²) >= 11 is 1.92. The second-order valence-electron chi connectivity index (χ2n) is 3.70. The highest BCUT2D eigenvalue weighted by Gasteiger charge is 2.04. The van der Waals surface area contributed by atoms with E-state index in [1.807, 2.05) is 18.7 Å². The first-order valence-electron chi connectivity index (χ1n) is 5.15. The van der Waals surface area contributed by atoms with E-state index >= 15 is 0 Å². The molecule has 1 aromatic rings. The molecule has 0 aliphatic heterocycles. The van der Waals surface area contributed by atoms with Crippen molar-refractivity contribution in [2.45, 2.75) is 43.4 Å². The maximum absolute atomic E-state index is 5.84. The summed E-state index contributed by atoms with van der Waals surface area (Å²) in [5.74, 6) is 0. The van der Waals surface area contributed by atoms with Crippen molar-refractivity contribution in [3.05, 3.63) is 29.8 Å². The predicted octanol–water partition coefficient (Wildman–Crippen LogP) is 3.60. The van der Waals surface area contributed by atoms with Crippen LogP contribution in [0.5, 0.6) is 0 Å². The highest BCUT2D eigenvalue weighted by Crippen LogP contribution is 2.26. The Balaban J connectivity index is 2.73. The van der Waals surface area contributed by atoms with E-state index in [9.17, 15) is 0 Å². The van der Waals surface area contributed by atoms with Gasteiger partial charge in [0.05, 0.1) is 0 Å². The topological polar surface area (TPSA) is 26.0 Å². The van der Waals surface area contributed by atoms with Gasteiger partial charge in [0.25, 0.3) is 0 Å². The molecule has 0 bridgehead atoms. The molecule has 1 aromatic carbocycles. The zero-order valence-corrected chi connectivity index (χ0v) is 9.97. The van der Waals surface area contributed by atoms with Crippen LogP contribution in [0.1, 0.15) is 38.8 Å². The van der Waals surface area contributed by atoms with Gasteiger partial charge in [0.1, 0.15) is 0 Å². The zero-order valence-electron chi connectivity index (χ0n) is 9.16. The molecule has 0 radical (unpaired) electrons. The molecule has 0 amide bonds. The van der Waals surface area contributed by atoms with E-state index in [2.05, 4.69) is 38.1 Å². The fourth-order valence-electron chi connectivity index (χ4n) is 1.19. The van der Waals surface area contributed by atoms with Crippen molar-refractivity contribution >= 4 is 11.8 Å². The van der Waals surface area contributed by atoms with Crippen molar-refractivity contribution < 1.29 is 0 Å². The Bertz CT molecular complexity index is 283. The first-order chi connectivity index (χ1) is 6.63. The fraction of sp³-hybridized carbons (Fsp3) is 0.500. The minimum atomic E-state index is 0.132. The van der Waals surface area contributed by atoms with Crippen molar-refractivity contribution in [2.75, 3.05) is 0 Å². The molecule has 2 unspecified atom stereocenters. The lowest BCUT2D eigenvalue weighted by molar-refractivity contribution is 0.814. The summed E-state index contributed by atoms with van der Waals surface area (Å²) in [7, 11) is 0. The summed E-state index contributed by atoms with van der Waals surface area (Å²) in [6.07, 6.45) is 1.20. The van der Waals surface area contributed by atoms with Gasteiger partial charge in [-0.05, 0) is 31.0 Å². The van der Waals surface area contributed by atoms with Crippen LogP contribution in [-0.4, -0.2) is 5.25 Å². The van der Waals surface area contributed by atoms with E-state index < -0.39 is 0 Å². The molecular weight excluding hydrogens is 190 g/mol. The van der Waals surface area contributed by atoms with Crippen LogP contribution in [0.2, 0.25) is 0 Å². The highest BCUT2D eigenvalue weighted by molar-refractivity contribution is 7.99. The minimum absolute atomic E-state index is 0.132. The van der Waals surface area contributed by atoms with Crippen LogP contribution in [0.25, 0.3) is 0 Å². The van der Waals surface area contributed by atoms with E-state index in [1.165, 1.54) is 16.9 Å². The van der Waals surface area contributed by atoms with Gasteiger partial charge in [0, 0.05) is 16.2 Å². The lowest BCUT2D eigenvalue weighted by Crippen LogP contribution is -2.04. The molecule has 2 atom stereocenters. The van der Waals surface area contributed by atoms with Gasteiger partial charge < -0.3 is 5.73 Å². The summed E-state index contributed by atoms with van der Waals surface area (Å²) in [4.78, 5) is 1.33. The molecule has 14 heavy (non-hydrogen) atoms. The Morgan fingerprint density at radius 3 is 2.64 bits per heavy atom. The standard InChI is InChI=1S/C12H19NS/c1-4-9(2)14-12-7-5-6-11(8-12)10(3)13/h5-10H,4,13H2,1-3H3. The summed E-state index contributed by atoms with van der Waals surface area (Å²) in [5, 5.41) is 0.679. The lowest BCUT2D eigenvalue weighted by Gasteiger charge is -2.11. The van der Waals surface area contributed by atoms with Crippen LogP contribution < -0.4 is 5.73 Å². The zero-order chi connectivity index (χ0) is 10.6. The molecule has 1 nitrogen and oxygen atoms in total. The quantitative estimate of drug-likeness (QED) is 0.767. The Morgan fingerprint density at radius 1 is 1.36 bits per heavy atom. The minimum Gasteiger partial charge on any atom is -0.324 e. The highest BCUT2D eigenvalue weighted by atomic mass is 32.2. The largest absolute Gasteiger partial charge is 0.324 e. The third kappa shape index (κ3) is 3.35. The Morgan fingerprint density at radius 2 is 2.07 bits per heavy atom. The van der Waals surface area contributed by atoms with Gasteiger partial charge in [-0.3, -0.25) is 0 Å². The van der Waals surface area contributed by atoms with E-state index in [-0.39, 0.29) is 6.04 Å². The SMILES string of the molecule is CCC(C)Sc1cccc(C(C)N)c1. The van der Waals surface area contributed by atoms with E-state index in [4.69, 9.17) is 5.73 Å². The van der Waals surface area contributed by atoms with Crippen LogP contribution in [0.4, 0.5) is 0 Å². The number of rotatable bonds is 4.